The van der Waals surface area contributed by atoms with Crippen molar-refractivity contribution in [1.82, 2.24) is 15.4 Å². The summed E-state index contributed by atoms with van der Waals surface area (Å²) in [4.78, 5) is 14.7. The van der Waals surface area contributed by atoms with E-state index in [1.54, 1.807) is 13.0 Å². The van der Waals surface area contributed by atoms with Crippen LogP contribution in [0.1, 0.15) is 37.6 Å². The summed E-state index contributed by atoms with van der Waals surface area (Å²) in [6, 6.07) is 1.13. The van der Waals surface area contributed by atoms with Crippen LogP contribution in [0, 0.1) is 12.8 Å². The zero-order valence-corrected chi connectivity index (χ0v) is 15.2. The monoisotopic (exact) mass is 370 g/mol. The van der Waals surface area contributed by atoms with Crippen LogP contribution >= 0.6 is 0 Å². The molecule has 2 aliphatic rings. The molecule has 1 unspecified atom stereocenters. The molecule has 3 rings (SSSR count). The van der Waals surface area contributed by atoms with Crippen molar-refractivity contribution in [1.29, 1.82) is 0 Å². The van der Waals surface area contributed by atoms with Gasteiger partial charge in [-0.3, -0.25) is 4.79 Å². The van der Waals surface area contributed by atoms with Gasteiger partial charge < -0.3 is 19.8 Å². The lowest BCUT2D eigenvalue weighted by Crippen LogP contribution is -2.47. The Hall–Kier alpha value is -1.94. The fraction of sp³-hybridized carbons (Fsp3) is 0.667. The molecular formula is C15H22N4O5S. The Labute approximate surface area is 146 Å². The highest BCUT2D eigenvalue weighted by Crippen LogP contribution is 2.31. The molecule has 0 aliphatic carbocycles. The molecule has 1 saturated heterocycles. The molecule has 0 radical (unpaired) electrons. The molecule has 25 heavy (non-hydrogen) atoms. The third-order valence-electron chi connectivity index (χ3n) is 4.44. The summed E-state index contributed by atoms with van der Waals surface area (Å²) in [6.45, 7) is 5.70. The van der Waals surface area contributed by atoms with Gasteiger partial charge >= 0.3 is 0 Å². The number of likely N-dealkylation sites (tertiary alicyclic amines) is 1. The minimum absolute atomic E-state index is 0.0551. The fourth-order valence-corrected chi connectivity index (χ4v) is 4.20. The number of amidine groups is 1. The van der Waals surface area contributed by atoms with E-state index in [4.69, 9.17) is 4.52 Å². The first-order valence-corrected chi connectivity index (χ1v) is 9.77. The Kier molecular flexibility index (Phi) is 4.58. The van der Waals surface area contributed by atoms with Gasteiger partial charge in [-0.05, 0) is 12.8 Å². The highest BCUT2D eigenvalue weighted by atomic mass is 32.2. The molecule has 1 amide bonds. The van der Waals surface area contributed by atoms with Gasteiger partial charge in [0, 0.05) is 19.0 Å². The number of hydrogen-bond donors (Lipinski definition) is 2. The molecule has 10 heteroatoms. The number of rotatable bonds is 4. The molecule has 3 atom stereocenters. The van der Waals surface area contributed by atoms with Gasteiger partial charge in [0.05, 0.1) is 17.8 Å². The Morgan fingerprint density at radius 1 is 1.48 bits per heavy atom. The summed E-state index contributed by atoms with van der Waals surface area (Å²) in [5.41, 5.74) is 0.680. The zero-order chi connectivity index (χ0) is 18.4. The fourth-order valence-electron chi connectivity index (χ4n) is 3.32. The summed E-state index contributed by atoms with van der Waals surface area (Å²) in [5.74, 6) is -0.464. The predicted molar refractivity (Wildman–Crippen MR) is 89.3 cm³/mol. The molecular weight excluding hydrogens is 348 g/mol. The van der Waals surface area contributed by atoms with Crippen molar-refractivity contribution in [3.63, 3.8) is 0 Å². The summed E-state index contributed by atoms with van der Waals surface area (Å²) < 4.78 is 32.1. The van der Waals surface area contributed by atoms with E-state index in [0.717, 1.165) is 0 Å². The molecule has 0 aromatic carbocycles. The van der Waals surface area contributed by atoms with E-state index in [2.05, 4.69) is 14.9 Å². The summed E-state index contributed by atoms with van der Waals surface area (Å²) in [5, 5.41) is 16.6. The summed E-state index contributed by atoms with van der Waals surface area (Å²) in [7, 11) is -3.56. The molecule has 0 saturated carbocycles. The van der Waals surface area contributed by atoms with E-state index in [-0.39, 0.29) is 36.5 Å². The molecule has 138 valence electrons. The standard InChI is InChI=1S/C15H22N4O5S/c1-8(2)13(12-4-9(3)17-24-12)15(21)19-6-10(20)5-11(19)14-16-7-25(22,23)18-14/h4,8,10-11,13,20H,5-7H2,1-3H3,(H,16,18)/t10-,11?,13+/m1/s1. The van der Waals surface area contributed by atoms with Gasteiger partial charge in [-0.15, -0.1) is 4.40 Å². The van der Waals surface area contributed by atoms with Crippen molar-refractivity contribution >= 4 is 21.8 Å². The number of aliphatic hydroxyl groups is 1. The molecule has 0 spiro atoms. The van der Waals surface area contributed by atoms with Crippen molar-refractivity contribution in [2.75, 3.05) is 12.4 Å². The third kappa shape index (κ3) is 3.54. The lowest BCUT2D eigenvalue weighted by Gasteiger charge is -2.29. The van der Waals surface area contributed by atoms with Crippen LogP contribution in [0.25, 0.3) is 0 Å². The Bertz CT molecular complexity index is 801. The number of nitrogens with one attached hydrogen (secondary N) is 1. The van der Waals surface area contributed by atoms with Gasteiger partial charge in [-0.1, -0.05) is 19.0 Å². The second-order valence-corrected chi connectivity index (χ2v) is 8.50. The minimum Gasteiger partial charge on any atom is -0.391 e. The van der Waals surface area contributed by atoms with E-state index in [0.29, 0.717) is 11.5 Å². The number of sulfonamides is 1. The first-order chi connectivity index (χ1) is 11.7. The Morgan fingerprint density at radius 2 is 2.20 bits per heavy atom. The molecule has 9 nitrogen and oxygen atoms in total. The van der Waals surface area contributed by atoms with Gasteiger partial charge in [-0.2, -0.15) is 0 Å². The number of carbonyl (C=O) groups excluding carboxylic acids is 1. The second kappa shape index (κ2) is 6.41. The van der Waals surface area contributed by atoms with E-state index in [1.807, 2.05) is 13.8 Å². The quantitative estimate of drug-likeness (QED) is 0.762. The Balaban J connectivity index is 1.90. The predicted octanol–water partition coefficient (Wildman–Crippen LogP) is -0.0266. The van der Waals surface area contributed by atoms with Crippen LogP contribution in [0.3, 0.4) is 0 Å². The van der Waals surface area contributed by atoms with Crippen LogP contribution in [0.2, 0.25) is 0 Å². The highest BCUT2D eigenvalue weighted by Gasteiger charge is 2.43. The third-order valence-corrected chi connectivity index (χ3v) is 5.42. The lowest BCUT2D eigenvalue weighted by atomic mass is 9.91. The van der Waals surface area contributed by atoms with Crippen molar-refractivity contribution in [2.45, 2.75) is 45.3 Å². The number of aryl methyl sites for hydroxylation is 1. The van der Waals surface area contributed by atoms with Gasteiger partial charge in [0.2, 0.25) is 5.91 Å². The van der Waals surface area contributed by atoms with Crippen molar-refractivity contribution < 1.29 is 22.8 Å². The van der Waals surface area contributed by atoms with E-state index in [1.165, 1.54) is 4.90 Å². The second-order valence-electron chi connectivity index (χ2n) is 6.87. The van der Waals surface area contributed by atoms with Crippen LogP contribution in [-0.2, 0) is 14.8 Å². The highest BCUT2D eigenvalue weighted by molar-refractivity contribution is 7.90. The van der Waals surface area contributed by atoms with Gasteiger partial charge in [0.15, 0.2) is 0 Å². The number of hydrogen-bond acceptors (Lipinski definition) is 7. The number of β-amino-alcohol motifs (C(OH)–C–C–N with tert-alkyl or cyclic N) is 1. The molecule has 2 N–H and O–H groups in total. The molecule has 1 aromatic heterocycles. The maximum absolute atomic E-state index is 13.2. The number of carbonyl (C=O) groups is 1. The van der Waals surface area contributed by atoms with Gasteiger partial charge in [0.25, 0.3) is 10.0 Å². The number of nitrogens with zero attached hydrogens (tertiary/aromatic N) is 3. The smallest absolute Gasteiger partial charge is 0.272 e. The average molecular weight is 370 g/mol. The first-order valence-electron chi connectivity index (χ1n) is 8.16. The van der Waals surface area contributed by atoms with Gasteiger partial charge in [0.1, 0.15) is 23.4 Å². The van der Waals surface area contributed by atoms with Crippen molar-refractivity contribution in [3.8, 4) is 0 Å². The average Bonchev–Trinajstić information content (AvgIpc) is 3.18. The maximum Gasteiger partial charge on any atom is 0.272 e. The van der Waals surface area contributed by atoms with E-state index >= 15 is 0 Å². The van der Waals surface area contributed by atoms with E-state index < -0.39 is 28.1 Å². The zero-order valence-electron chi connectivity index (χ0n) is 14.3. The largest absolute Gasteiger partial charge is 0.391 e. The lowest BCUT2D eigenvalue weighted by molar-refractivity contribution is -0.134. The van der Waals surface area contributed by atoms with Crippen molar-refractivity contribution in [3.05, 3.63) is 17.5 Å². The molecule has 1 aromatic rings. The topological polar surface area (TPSA) is 125 Å². The van der Waals surface area contributed by atoms with Gasteiger partial charge in [-0.25, -0.2) is 8.42 Å². The number of amides is 1. The molecule has 1 fully saturated rings. The Morgan fingerprint density at radius 3 is 2.72 bits per heavy atom. The molecule has 3 heterocycles. The molecule has 2 aliphatic heterocycles. The minimum atomic E-state index is -3.56. The van der Waals surface area contributed by atoms with Crippen LogP contribution < -0.4 is 5.32 Å². The van der Waals surface area contributed by atoms with Crippen LogP contribution in [0.5, 0.6) is 0 Å². The normalized spacial score (nSPS) is 26.6. The van der Waals surface area contributed by atoms with Crippen LogP contribution in [0.4, 0.5) is 0 Å². The van der Waals surface area contributed by atoms with Crippen LogP contribution in [0.15, 0.2) is 15.0 Å². The maximum atomic E-state index is 13.2. The van der Waals surface area contributed by atoms with Crippen molar-refractivity contribution in [2.24, 2.45) is 10.3 Å². The SMILES string of the molecule is Cc1cc([C@@H](C(=O)N2C[C@H](O)CC2C2=NS(=O)(=O)CN2)C(C)C)on1. The summed E-state index contributed by atoms with van der Waals surface area (Å²) in [6.07, 6.45) is -0.487. The first kappa shape index (κ1) is 17.9. The summed E-state index contributed by atoms with van der Waals surface area (Å²) >= 11 is 0. The van der Waals surface area contributed by atoms with E-state index in [9.17, 15) is 18.3 Å². The number of aromatic nitrogens is 1. The molecule has 0 bridgehead atoms. The number of aliphatic hydroxyl groups excluding tert-OH is 1. The van der Waals surface area contributed by atoms with Crippen LogP contribution in [-0.4, -0.2) is 59.9 Å².